The van der Waals surface area contributed by atoms with Crippen LogP contribution in [0.2, 0.25) is 5.02 Å². The maximum Gasteiger partial charge on any atom is 0.325 e. The fourth-order valence-corrected chi connectivity index (χ4v) is 3.35. The molecule has 0 bridgehead atoms. The lowest BCUT2D eigenvalue weighted by molar-refractivity contribution is -0.132. The first-order chi connectivity index (χ1) is 12.6. The molecule has 2 aromatic rings. The fourth-order valence-electron chi connectivity index (χ4n) is 3.22. The highest BCUT2D eigenvalue weighted by Crippen LogP contribution is 2.33. The molecule has 1 saturated heterocycles. The van der Waals surface area contributed by atoms with Gasteiger partial charge < -0.3 is 10.1 Å². The average molecular weight is 373 g/mol. The Bertz CT molecular complexity index is 779. The number of carbonyl (C=O) groups is 2. The summed E-state index contributed by atoms with van der Waals surface area (Å²) in [6.07, 6.45) is 1.33. The van der Waals surface area contributed by atoms with Crippen molar-refractivity contribution in [3.63, 3.8) is 0 Å². The van der Waals surface area contributed by atoms with Crippen molar-refractivity contribution in [3.05, 3.63) is 65.2 Å². The van der Waals surface area contributed by atoms with Gasteiger partial charge in [-0.15, -0.1) is 0 Å². The zero-order chi connectivity index (χ0) is 18.6. The van der Waals surface area contributed by atoms with Crippen LogP contribution >= 0.6 is 11.6 Å². The van der Waals surface area contributed by atoms with E-state index in [0.717, 1.165) is 12.0 Å². The van der Waals surface area contributed by atoms with Gasteiger partial charge in [0.05, 0.1) is 6.54 Å². The topological polar surface area (TPSA) is 58.6 Å². The first kappa shape index (κ1) is 18.3. The predicted molar refractivity (Wildman–Crippen MR) is 100 cm³/mol. The van der Waals surface area contributed by atoms with Crippen LogP contribution in [-0.4, -0.2) is 30.0 Å². The summed E-state index contributed by atoms with van der Waals surface area (Å²) >= 11 is 5.85. The van der Waals surface area contributed by atoms with Crippen LogP contribution < -0.4 is 10.1 Å². The lowest BCUT2D eigenvalue weighted by atomic mass is 9.85. The molecule has 3 amide bonds. The van der Waals surface area contributed by atoms with E-state index in [4.69, 9.17) is 16.3 Å². The van der Waals surface area contributed by atoms with Crippen LogP contribution in [0.1, 0.15) is 25.3 Å². The van der Waals surface area contributed by atoms with Gasteiger partial charge in [0.2, 0.25) is 0 Å². The molecule has 0 aromatic heterocycles. The minimum Gasteiger partial charge on any atom is -0.492 e. The van der Waals surface area contributed by atoms with Crippen molar-refractivity contribution in [2.75, 3.05) is 13.2 Å². The van der Waals surface area contributed by atoms with Crippen molar-refractivity contribution in [2.24, 2.45) is 0 Å². The Morgan fingerprint density at radius 1 is 1.08 bits per heavy atom. The number of imide groups is 1. The molecule has 0 unspecified atom stereocenters. The molecule has 6 heteroatoms. The largest absolute Gasteiger partial charge is 0.492 e. The van der Waals surface area contributed by atoms with Crippen LogP contribution in [0, 0.1) is 0 Å². The third kappa shape index (κ3) is 3.53. The molecule has 0 spiro atoms. The Hall–Kier alpha value is -2.53. The molecule has 3 rings (SSSR count). The minimum atomic E-state index is -0.993. The number of hydrogen-bond acceptors (Lipinski definition) is 3. The normalized spacial score (nSPS) is 19.5. The van der Waals surface area contributed by atoms with Crippen molar-refractivity contribution in [1.82, 2.24) is 10.2 Å². The van der Waals surface area contributed by atoms with Crippen LogP contribution in [0.25, 0.3) is 0 Å². The predicted octanol–water partition coefficient (Wildman–Crippen LogP) is 3.97. The molecule has 0 radical (unpaired) electrons. The first-order valence-electron chi connectivity index (χ1n) is 8.65. The number of halogens is 1. The van der Waals surface area contributed by atoms with Crippen LogP contribution in [0.4, 0.5) is 4.79 Å². The van der Waals surface area contributed by atoms with Gasteiger partial charge >= 0.3 is 6.03 Å². The van der Waals surface area contributed by atoms with E-state index in [1.807, 2.05) is 37.3 Å². The number of nitrogens with one attached hydrogen (secondary N) is 1. The van der Waals surface area contributed by atoms with E-state index in [1.54, 1.807) is 24.3 Å². The van der Waals surface area contributed by atoms with Crippen molar-refractivity contribution in [1.29, 1.82) is 0 Å². The van der Waals surface area contributed by atoms with Gasteiger partial charge in [-0.1, -0.05) is 55.3 Å². The number of carbonyl (C=O) groups excluding carboxylic acids is 2. The number of hydrogen-bond donors (Lipinski definition) is 1. The third-order valence-electron chi connectivity index (χ3n) is 4.46. The van der Waals surface area contributed by atoms with E-state index < -0.39 is 5.54 Å². The standard InChI is InChI=1S/C20H21ClN2O3/c1-2-12-20(15-6-4-3-5-7-15)18(24)23(19(25)22-20)13-14-26-17-10-8-16(21)9-11-17/h3-11H,2,12-14H2,1H3,(H,22,25)/t20-/m0/s1. The van der Waals surface area contributed by atoms with E-state index in [-0.39, 0.29) is 25.1 Å². The smallest absolute Gasteiger partial charge is 0.325 e. The lowest BCUT2D eigenvalue weighted by Gasteiger charge is -2.27. The summed E-state index contributed by atoms with van der Waals surface area (Å²) in [5, 5.41) is 3.53. The second kappa shape index (κ2) is 7.79. The molecule has 5 nitrogen and oxygen atoms in total. The third-order valence-corrected chi connectivity index (χ3v) is 4.72. The Kier molecular flexibility index (Phi) is 5.47. The second-order valence-electron chi connectivity index (χ2n) is 6.21. The number of rotatable bonds is 7. The van der Waals surface area contributed by atoms with Crippen LogP contribution in [0.3, 0.4) is 0 Å². The van der Waals surface area contributed by atoms with Gasteiger partial charge in [-0.05, 0) is 36.2 Å². The lowest BCUT2D eigenvalue weighted by Crippen LogP contribution is -2.44. The molecule has 1 aliphatic rings. The highest BCUT2D eigenvalue weighted by molar-refractivity contribution is 6.30. The van der Waals surface area contributed by atoms with Crippen LogP contribution in [0.15, 0.2) is 54.6 Å². The summed E-state index contributed by atoms with van der Waals surface area (Å²) < 4.78 is 5.62. The Balaban J connectivity index is 1.72. The maximum absolute atomic E-state index is 13.1. The van der Waals surface area contributed by atoms with E-state index in [1.165, 1.54) is 4.90 Å². The van der Waals surface area contributed by atoms with Crippen molar-refractivity contribution in [2.45, 2.75) is 25.3 Å². The highest BCUT2D eigenvalue weighted by Gasteiger charge is 2.51. The number of nitrogens with zero attached hydrogens (tertiary/aromatic N) is 1. The summed E-state index contributed by atoms with van der Waals surface area (Å²) in [7, 11) is 0. The quantitative estimate of drug-likeness (QED) is 0.748. The number of ether oxygens (including phenoxy) is 1. The van der Waals surface area contributed by atoms with Crippen molar-refractivity contribution in [3.8, 4) is 5.75 Å². The Labute approximate surface area is 157 Å². The molecule has 1 fully saturated rings. The number of urea groups is 1. The molecule has 1 aliphatic heterocycles. The summed E-state index contributed by atoms with van der Waals surface area (Å²) in [5.41, 5.74) is -0.186. The van der Waals surface area contributed by atoms with Gasteiger partial charge in [-0.25, -0.2) is 4.79 Å². The highest BCUT2D eigenvalue weighted by atomic mass is 35.5. The van der Waals surface area contributed by atoms with Gasteiger partial charge in [0.25, 0.3) is 5.91 Å². The van der Waals surface area contributed by atoms with Gasteiger partial charge in [0.15, 0.2) is 0 Å². The Morgan fingerprint density at radius 3 is 2.42 bits per heavy atom. The van der Waals surface area contributed by atoms with Gasteiger partial charge in [0, 0.05) is 5.02 Å². The van der Waals surface area contributed by atoms with Gasteiger partial charge in [0.1, 0.15) is 17.9 Å². The summed E-state index contributed by atoms with van der Waals surface area (Å²) in [5.74, 6) is 0.416. The zero-order valence-corrected chi connectivity index (χ0v) is 15.3. The monoisotopic (exact) mass is 372 g/mol. The molecule has 1 heterocycles. The second-order valence-corrected chi connectivity index (χ2v) is 6.65. The average Bonchev–Trinajstić information content (AvgIpc) is 2.89. The van der Waals surface area contributed by atoms with Crippen LogP contribution in [0.5, 0.6) is 5.75 Å². The van der Waals surface area contributed by atoms with Crippen molar-refractivity contribution < 1.29 is 14.3 Å². The Morgan fingerprint density at radius 2 is 1.77 bits per heavy atom. The summed E-state index contributed by atoms with van der Waals surface area (Å²) in [4.78, 5) is 26.8. The summed E-state index contributed by atoms with van der Waals surface area (Å²) in [6, 6.07) is 16.0. The molecule has 1 atom stereocenters. The molecule has 0 saturated carbocycles. The SMILES string of the molecule is CCC[C@@]1(c2ccccc2)NC(=O)N(CCOc2ccc(Cl)cc2)C1=O. The molecular weight excluding hydrogens is 352 g/mol. The van der Waals surface area contributed by atoms with Crippen molar-refractivity contribution >= 4 is 23.5 Å². The van der Waals surface area contributed by atoms with E-state index >= 15 is 0 Å². The van der Waals surface area contributed by atoms with Gasteiger partial charge in [-0.2, -0.15) is 0 Å². The van der Waals surface area contributed by atoms with E-state index in [9.17, 15) is 9.59 Å². The molecular formula is C20H21ClN2O3. The molecule has 0 aliphatic carbocycles. The van der Waals surface area contributed by atoms with Gasteiger partial charge in [-0.3, -0.25) is 9.69 Å². The molecule has 26 heavy (non-hydrogen) atoms. The summed E-state index contributed by atoms with van der Waals surface area (Å²) in [6.45, 7) is 2.40. The van der Waals surface area contributed by atoms with E-state index in [0.29, 0.717) is 17.2 Å². The molecule has 2 aromatic carbocycles. The zero-order valence-electron chi connectivity index (χ0n) is 14.6. The number of benzene rings is 2. The first-order valence-corrected chi connectivity index (χ1v) is 9.02. The van der Waals surface area contributed by atoms with E-state index in [2.05, 4.69) is 5.32 Å². The molecule has 1 N–H and O–H groups in total. The van der Waals surface area contributed by atoms with Crippen LogP contribution in [-0.2, 0) is 10.3 Å². The fraction of sp³-hybridized carbons (Fsp3) is 0.300. The number of amides is 3. The molecule has 136 valence electrons. The minimum absolute atomic E-state index is 0.186. The maximum atomic E-state index is 13.1.